The standard InChI is InChI=1S/C41H32N2/c1-5-6-18-28-26(2)41(3,4)39-37(28)30-20-10-11-21-31(30)38-32-22-13-15-24-35(32)43(40(38)39)36-25-33(27-16-8-7-9-17-27)29-19-12-14-23-34(29)42-36/h5-25H,1H2,2-4H3/b18-6-. The van der Waals surface area contributed by atoms with Gasteiger partial charge < -0.3 is 0 Å². The molecule has 2 heterocycles. The second kappa shape index (κ2) is 9.40. The van der Waals surface area contributed by atoms with Crippen molar-refractivity contribution < 1.29 is 0 Å². The van der Waals surface area contributed by atoms with Crippen molar-refractivity contribution in [3.05, 3.63) is 151 Å². The monoisotopic (exact) mass is 552 g/mol. The van der Waals surface area contributed by atoms with Gasteiger partial charge in [-0.1, -0.05) is 135 Å². The summed E-state index contributed by atoms with van der Waals surface area (Å²) in [6.07, 6.45) is 6.17. The van der Waals surface area contributed by atoms with E-state index in [1.807, 2.05) is 6.08 Å². The lowest BCUT2D eigenvalue weighted by Gasteiger charge is -2.25. The first-order valence-electron chi connectivity index (χ1n) is 15.0. The van der Waals surface area contributed by atoms with Crippen molar-refractivity contribution in [1.82, 2.24) is 9.55 Å². The van der Waals surface area contributed by atoms with Crippen LogP contribution in [0.5, 0.6) is 0 Å². The van der Waals surface area contributed by atoms with E-state index in [0.29, 0.717) is 0 Å². The molecule has 0 amide bonds. The van der Waals surface area contributed by atoms with Crippen LogP contribution in [0.2, 0.25) is 0 Å². The number of allylic oxidation sites excluding steroid dienone is 5. The summed E-state index contributed by atoms with van der Waals surface area (Å²) in [6, 6.07) is 39.2. The first kappa shape index (κ1) is 25.5. The molecule has 5 aromatic carbocycles. The molecule has 206 valence electrons. The molecule has 2 heteroatoms. The van der Waals surface area contributed by atoms with E-state index in [1.165, 1.54) is 66.0 Å². The van der Waals surface area contributed by atoms with E-state index in [1.54, 1.807) is 0 Å². The van der Waals surface area contributed by atoms with Crippen LogP contribution in [0.3, 0.4) is 0 Å². The number of aromatic nitrogens is 2. The number of para-hydroxylation sites is 2. The van der Waals surface area contributed by atoms with Crippen LogP contribution in [-0.4, -0.2) is 9.55 Å². The maximum absolute atomic E-state index is 5.37. The quantitative estimate of drug-likeness (QED) is 0.199. The Bertz CT molecular complexity index is 2330. The lowest BCUT2D eigenvalue weighted by molar-refractivity contribution is 0.643. The first-order valence-corrected chi connectivity index (χ1v) is 15.0. The number of hydrogen-bond donors (Lipinski definition) is 0. The average Bonchev–Trinajstić information content (AvgIpc) is 3.48. The molecule has 0 saturated heterocycles. The Hall–Kier alpha value is -5.21. The zero-order chi connectivity index (χ0) is 29.3. The Morgan fingerprint density at radius 3 is 2.16 bits per heavy atom. The van der Waals surface area contributed by atoms with Crippen LogP contribution in [0.15, 0.2) is 140 Å². The van der Waals surface area contributed by atoms with E-state index in [4.69, 9.17) is 4.98 Å². The van der Waals surface area contributed by atoms with Crippen molar-refractivity contribution in [3.8, 4) is 16.9 Å². The molecule has 0 saturated carbocycles. The van der Waals surface area contributed by atoms with Gasteiger partial charge in [0.1, 0.15) is 5.82 Å². The van der Waals surface area contributed by atoms with E-state index in [0.717, 1.165) is 16.7 Å². The fraction of sp³-hybridized carbons (Fsp3) is 0.0976. The predicted octanol–water partition coefficient (Wildman–Crippen LogP) is 11.0. The molecule has 43 heavy (non-hydrogen) atoms. The van der Waals surface area contributed by atoms with Gasteiger partial charge in [-0.15, -0.1) is 0 Å². The highest BCUT2D eigenvalue weighted by atomic mass is 15.1. The zero-order valence-electron chi connectivity index (χ0n) is 24.7. The molecule has 0 radical (unpaired) electrons. The summed E-state index contributed by atoms with van der Waals surface area (Å²) in [5.74, 6) is 0.935. The smallest absolute Gasteiger partial charge is 0.138 e. The van der Waals surface area contributed by atoms with E-state index in [9.17, 15) is 0 Å². The maximum atomic E-state index is 5.37. The lowest BCUT2D eigenvalue weighted by Crippen LogP contribution is -2.17. The largest absolute Gasteiger partial charge is 0.293 e. The van der Waals surface area contributed by atoms with Crippen molar-refractivity contribution in [1.29, 1.82) is 0 Å². The molecule has 0 bridgehead atoms. The molecule has 8 rings (SSSR count). The Labute approximate surface area is 251 Å². The summed E-state index contributed by atoms with van der Waals surface area (Å²) in [4.78, 5) is 5.37. The zero-order valence-corrected chi connectivity index (χ0v) is 24.7. The number of fused-ring (bicyclic) bond motifs is 9. The Kier molecular flexibility index (Phi) is 5.58. The first-order chi connectivity index (χ1) is 21.0. The summed E-state index contributed by atoms with van der Waals surface area (Å²) < 4.78 is 2.43. The second-order valence-electron chi connectivity index (χ2n) is 12.0. The van der Waals surface area contributed by atoms with Crippen LogP contribution in [0, 0.1) is 0 Å². The van der Waals surface area contributed by atoms with Crippen molar-refractivity contribution in [3.63, 3.8) is 0 Å². The van der Waals surface area contributed by atoms with Gasteiger partial charge in [-0.05, 0) is 63.7 Å². The third-order valence-corrected chi connectivity index (χ3v) is 9.48. The summed E-state index contributed by atoms with van der Waals surface area (Å²) >= 11 is 0. The van der Waals surface area contributed by atoms with E-state index < -0.39 is 0 Å². The van der Waals surface area contributed by atoms with Gasteiger partial charge in [-0.2, -0.15) is 0 Å². The van der Waals surface area contributed by atoms with E-state index in [2.05, 4.69) is 153 Å². The van der Waals surface area contributed by atoms with Crippen LogP contribution in [0.25, 0.3) is 66.0 Å². The molecule has 7 aromatic rings. The summed E-state index contributed by atoms with van der Waals surface area (Å²) in [6.45, 7) is 11.0. The normalized spacial score (nSPS) is 14.5. The molecule has 1 aliphatic carbocycles. The molecular formula is C41H32N2. The molecule has 0 fully saturated rings. The third kappa shape index (κ3) is 3.56. The van der Waals surface area contributed by atoms with E-state index >= 15 is 0 Å². The minimum atomic E-state index is -0.191. The fourth-order valence-electron chi connectivity index (χ4n) is 7.26. The Morgan fingerprint density at radius 2 is 1.40 bits per heavy atom. The van der Waals surface area contributed by atoms with Crippen LogP contribution in [0.1, 0.15) is 31.9 Å². The Balaban J connectivity index is 1.61. The van der Waals surface area contributed by atoms with Gasteiger partial charge in [-0.25, -0.2) is 4.98 Å². The van der Waals surface area contributed by atoms with Gasteiger partial charge in [0, 0.05) is 21.6 Å². The lowest BCUT2D eigenvalue weighted by atomic mass is 9.80. The molecule has 0 aliphatic heterocycles. The minimum absolute atomic E-state index is 0.191. The number of hydrogen-bond acceptors (Lipinski definition) is 1. The molecule has 0 N–H and O–H groups in total. The molecule has 1 aliphatic rings. The summed E-state index contributed by atoms with van der Waals surface area (Å²) in [7, 11) is 0. The molecule has 0 unspecified atom stereocenters. The van der Waals surface area contributed by atoms with Crippen LogP contribution < -0.4 is 0 Å². The molecule has 0 spiro atoms. The van der Waals surface area contributed by atoms with Crippen molar-refractivity contribution in [2.45, 2.75) is 26.2 Å². The van der Waals surface area contributed by atoms with Crippen LogP contribution >= 0.6 is 0 Å². The van der Waals surface area contributed by atoms with Gasteiger partial charge in [0.15, 0.2) is 0 Å². The number of rotatable bonds is 4. The topological polar surface area (TPSA) is 17.8 Å². The molecule has 2 aromatic heterocycles. The van der Waals surface area contributed by atoms with Crippen molar-refractivity contribution in [2.75, 3.05) is 0 Å². The van der Waals surface area contributed by atoms with Crippen LogP contribution in [0.4, 0.5) is 0 Å². The number of nitrogens with zero attached hydrogens (tertiary/aromatic N) is 2. The summed E-state index contributed by atoms with van der Waals surface area (Å²) in [5, 5.41) is 6.25. The van der Waals surface area contributed by atoms with Gasteiger partial charge >= 0.3 is 0 Å². The second-order valence-corrected chi connectivity index (χ2v) is 12.0. The highest BCUT2D eigenvalue weighted by molar-refractivity contribution is 6.26. The van der Waals surface area contributed by atoms with E-state index in [-0.39, 0.29) is 5.41 Å². The number of benzene rings is 5. The number of pyridine rings is 1. The van der Waals surface area contributed by atoms with Gasteiger partial charge in [0.25, 0.3) is 0 Å². The van der Waals surface area contributed by atoms with Gasteiger partial charge in [0.2, 0.25) is 0 Å². The fourth-order valence-corrected chi connectivity index (χ4v) is 7.26. The van der Waals surface area contributed by atoms with Crippen molar-refractivity contribution >= 4 is 49.1 Å². The SMILES string of the molecule is C=C/C=C\C1=C(C)C(C)(C)c2c1c1ccccc1c1c3ccccc3n(-c3cc(-c4ccccc4)c4ccccc4n3)c21. The van der Waals surface area contributed by atoms with Crippen molar-refractivity contribution in [2.24, 2.45) is 0 Å². The summed E-state index contributed by atoms with van der Waals surface area (Å²) in [5.41, 5.74) is 10.9. The predicted molar refractivity (Wildman–Crippen MR) is 184 cm³/mol. The van der Waals surface area contributed by atoms with Gasteiger partial charge in [-0.3, -0.25) is 4.57 Å². The third-order valence-electron chi connectivity index (χ3n) is 9.48. The molecule has 0 atom stereocenters. The van der Waals surface area contributed by atoms with Crippen LogP contribution in [-0.2, 0) is 5.41 Å². The van der Waals surface area contributed by atoms with Gasteiger partial charge in [0.05, 0.1) is 16.6 Å². The molecular weight excluding hydrogens is 520 g/mol. The highest BCUT2D eigenvalue weighted by Gasteiger charge is 2.39. The highest BCUT2D eigenvalue weighted by Crippen LogP contribution is 2.54. The Morgan fingerprint density at radius 1 is 0.744 bits per heavy atom. The molecule has 2 nitrogen and oxygen atoms in total. The maximum Gasteiger partial charge on any atom is 0.138 e. The average molecular weight is 553 g/mol. The minimum Gasteiger partial charge on any atom is -0.293 e.